The van der Waals surface area contributed by atoms with Crippen molar-refractivity contribution >= 4 is 40.5 Å². The molecule has 1 unspecified atom stereocenters. The number of aromatic carboxylic acids is 1. The lowest BCUT2D eigenvalue weighted by Gasteiger charge is -2.31. The number of nitrogens with zero attached hydrogens (tertiary/aromatic N) is 2. The molecule has 2 aromatic heterocycles. The second-order valence-corrected chi connectivity index (χ2v) is 9.22. The van der Waals surface area contributed by atoms with Crippen LogP contribution in [-0.2, 0) is 0 Å². The average Bonchev–Trinajstić information content (AvgIpc) is 3.44. The Hall–Kier alpha value is -2.55. The van der Waals surface area contributed by atoms with Crippen LogP contribution in [0.15, 0.2) is 35.4 Å². The van der Waals surface area contributed by atoms with Gasteiger partial charge in [0.1, 0.15) is 17.1 Å². The summed E-state index contributed by atoms with van der Waals surface area (Å²) in [5.74, 6) is 0.214. The van der Waals surface area contributed by atoms with Crippen LogP contribution in [0, 0.1) is 5.92 Å². The highest BCUT2D eigenvalue weighted by atomic mass is 35.5. The number of halogens is 2. The molecule has 0 spiro atoms. The van der Waals surface area contributed by atoms with Crippen molar-refractivity contribution in [1.82, 2.24) is 9.55 Å². The average molecular weight is 465 g/mol. The Labute approximate surface area is 184 Å². The zero-order chi connectivity index (χ0) is 21.0. The number of thiazole rings is 1. The summed E-state index contributed by atoms with van der Waals surface area (Å²) < 4.78 is 13.9. The van der Waals surface area contributed by atoms with Crippen LogP contribution in [0.25, 0.3) is 11.3 Å². The number of benzene rings is 1. The van der Waals surface area contributed by atoms with Gasteiger partial charge in [0, 0.05) is 30.1 Å². The number of aromatic nitrogens is 2. The minimum Gasteiger partial charge on any atom is -0.492 e. The molecule has 7 nitrogen and oxygen atoms in total. The summed E-state index contributed by atoms with van der Waals surface area (Å²) in [6, 6.07) is 4.65. The molecule has 0 saturated heterocycles. The van der Waals surface area contributed by atoms with E-state index in [1.807, 2.05) is 0 Å². The van der Waals surface area contributed by atoms with Crippen LogP contribution >= 0.6 is 34.5 Å². The van der Waals surface area contributed by atoms with Crippen molar-refractivity contribution in [3.8, 4) is 22.8 Å². The standard InChI is InChI=1S/C20H14Cl2N2O5S/c21-12-3-10-13-4-14(25)11(19(26)27)7-24(13)18(17-6-23-20(22)30-17)29-15(10)5-16(12)28-8-9-1-2-9/h3-7,9,18H,1-2,8H2,(H,26,27). The van der Waals surface area contributed by atoms with E-state index in [0.717, 1.165) is 12.8 Å². The predicted octanol–water partition coefficient (Wildman–Crippen LogP) is 4.70. The van der Waals surface area contributed by atoms with Crippen molar-refractivity contribution < 1.29 is 19.4 Å². The van der Waals surface area contributed by atoms with E-state index >= 15 is 0 Å². The van der Waals surface area contributed by atoms with E-state index in [0.29, 0.717) is 49.6 Å². The highest BCUT2D eigenvalue weighted by molar-refractivity contribution is 7.15. The number of carbonyl (C=O) groups is 1. The van der Waals surface area contributed by atoms with Crippen molar-refractivity contribution in [2.45, 2.75) is 19.1 Å². The molecule has 30 heavy (non-hydrogen) atoms. The van der Waals surface area contributed by atoms with Gasteiger partial charge in [-0.3, -0.25) is 4.79 Å². The molecule has 1 fully saturated rings. The lowest BCUT2D eigenvalue weighted by Crippen LogP contribution is -2.27. The summed E-state index contributed by atoms with van der Waals surface area (Å²) in [6.07, 6.45) is 4.39. The molecule has 1 aliphatic carbocycles. The van der Waals surface area contributed by atoms with E-state index in [1.54, 1.807) is 22.9 Å². The van der Waals surface area contributed by atoms with Gasteiger partial charge in [-0.25, -0.2) is 9.78 Å². The molecule has 0 amide bonds. The maximum absolute atomic E-state index is 12.4. The molecular weight excluding hydrogens is 451 g/mol. The molecule has 1 saturated carbocycles. The van der Waals surface area contributed by atoms with Gasteiger partial charge < -0.3 is 19.1 Å². The van der Waals surface area contributed by atoms with E-state index in [-0.39, 0.29) is 5.56 Å². The molecule has 1 aromatic carbocycles. The molecule has 3 heterocycles. The summed E-state index contributed by atoms with van der Waals surface area (Å²) in [4.78, 5) is 28.6. The molecular formula is C20H14Cl2N2O5S. The van der Waals surface area contributed by atoms with Gasteiger partial charge in [0.15, 0.2) is 9.90 Å². The van der Waals surface area contributed by atoms with Crippen LogP contribution < -0.4 is 14.9 Å². The second-order valence-electron chi connectivity index (χ2n) is 7.17. The van der Waals surface area contributed by atoms with Crippen molar-refractivity contribution in [2.75, 3.05) is 6.61 Å². The monoisotopic (exact) mass is 464 g/mol. The predicted molar refractivity (Wildman–Crippen MR) is 112 cm³/mol. The van der Waals surface area contributed by atoms with Crippen molar-refractivity contribution in [2.24, 2.45) is 5.92 Å². The number of hydrogen-bond donors (Lipinski definition) is 1. The van der Waals surface area contributed by atoms with E-state index in [9.17, 15) is 14.7 Å². The van der Waals surface area contributed by atoms with Gasteiger partial charge in [-0.15, -0.1) is 11.3 Å². The first-order valence-corrected chi connectivity index (χ1v) is 10.7. The highest BCUT2D eigenvalue weighted by Gasteiger charge is 2.31. The van der Waals surface area contributed by atoms with Crippen LogP contribution in [0.1, 0.15) is 34.3 Å². The molecule has 1 N–H and O–H groups in total. The van der Waals surface area contributed by atoms with Crippen LogP contribution in [0.4, 0.5) is 0 Å². The summed E-state index contributed by atoms with van der Waals surface area (Å²) >= 11 is 13.6. The minimum atomic E-state index is -1.32. The largest absolute Gasteiger partial charge is 0.492 e. The number of carboxylic acids is 1. The number of carboxylic acid groups (broad SMARTS) is 1. The third-order valence-electron chi connectivity index (χ3n) is 5.02. The number of rotatable bonds is 5. The van der Waals surface area contributed by atoms with Gasteiger partial charge in [-0.05, 0) is 24.8 Å². The Bertz CT molecular complexity index is 1230. The smallest absolute Gasteiger partial charge is 0.341 e. The number of pyridine rings is 1. The molecule has 0 bridgehead atoms. The molecule has 5 rings (SSSR count). The fourth-order valence-electron chi connectivity index (χ4n) is 3.31. The Morgan fingerprint density at radius 1 is 1.33 bits per heavy atom. The second kappa shape index (κ2) is 7.30. The van der Waals surface area contributed by atoms with Crippen LogP contribution in [0.5, 0.6) is 11.5 Å². The van der Waals surface area contributed by atoms with Gasteiger partial charge in [0.25, 0.3) is 0 Å². The number of fused-ring (bicyclic) bond motifs is 3. The SMILES string of the molecule is O=C(O)c1cn2c(cc1=O)-c1cc(Cl)c(OCC3CC3)cc1OC2c1cnc(Cl)s1. The first-order chi connectivity index (χ1) is 14.4. The maximum atomic E-state index is 12.4. The molecule has 1 atom stereocenters. The topological polar surface area (TPSA) is 90.7 Å². The molecule has 0 radical (unpaired) electrons. The van der Waals surface area contributed by atoms with Crippen molar-refractivity contribution in [3.63, 3.8) is 0 Å². The Morgan fingerprint density at radius 2 is 2.13 bits per heavy atom. The summed E-state index contributed by atoms with van der Waals surface area (Å²) in [7, 11) is 0. The fraction of sp³-hybridized carbons (Fsp3) is 0.250. The first kappa shape index (κ1) is 19.4. The van der Waals surface area contributed by atoms with Crippen molar-refractivity contribution in [3.05, 3.63) is 60.7 Å². The van der Waals surface area contributed by atoms with Crippen LogP contribution in [0.2, 0.25) is 9.49 Å². The van der Waals surface area contributed by atoms with E-state index in [1.165, 1.54) is 23.6 Å². The van der Waals surface area contributed by atoms with Gasteiger partial charge in [-0.1, -0.05) is 23.2 Å². The zero-order valence-corrected chi connectivity index (χ0v) is 17.6. The number of ether oxygens (including phenoxy) is 2. The molecule has 3 aromatic rings. The summed E-state index contributed by atoms with van der Waals surface area (Å²) in [5.41, 5.74) is 0.0888. The zero-order valence-electron chi connectivity index (χ0n) is 15.3. The van der Waals surface area contributed by atoms with Gasteiger partial charge in [0.2, 0.25) is 6.23 Å². The van der Waals surface area contributed by atoms with E-state index < -0.39 is 17.6 Å². The first-order valence-electron chi connectivity index (χ1n) is 9.15. The Balaban J connectivity index is 1.66. The molecule has 2 aliphatic rings. The van der Waals surface area contributed by atoms with Crippen LogP contribution in [0.3, 0.4) is 0 Å². The minimum absolute atomic E-state index is 0.324. The van der Waals surface area contributed by atoms with E-state index in [2.05, 4.69) is 4.98 Å². The summed E-state index contributed by atoms with van der Waals surface area (Å²) in [5, 5.41) is 9.78. The molecule has 1 aliphatic heterocycles. The third-order valence-corrected chi connectivity index (χ3v) is 6.46. The van der Waals surface area contributed by atoms with Crippen molar-refractivity contribution in [1.29, 1.82) is 0 Å². The highest BCUT2D eigenvalue weighted by Crippen LogP contribution is 2.46. The third kappa shape index (κ3) is 3.45. The normalized spacial score (nSPS) is 17.1. The Kier molecular flexibility index (Phi) is 4.72. The maximum Gasteiger partial charge on any atom is 0.341 e. The summed E-state index contributed by atoms with van der Waals surface area (Å²) in [6.45, 7) is 0.588. The van der Waals surface area contributed by atoms with E-state index in [4.69, 9.17) is 32.7 Å². The van der Waals surface area contributed by atoms with Gasteiger partial charge in [-0.2, -0.15) is 0 Å². The lowest BCUT2D eigenvalue weighted by molar-refractivity contribution is 0.0693. The fourth-order valence-corrected chi connectivity index (χ4v) is 4.51. The number of hydrogen-bond acceptors (Lipinski definition) is 6. The Morgan fingerprint density at radius 3 is 2.80 bits per heavy atom. The molecule has 10 heteroatoms. The van der Waals surface area contributed by atoms with Gasteiger partial charge in [0.05, 0.1) is 22.2 Å². The lowest BCUT2D eigenvalue weighted by atomic mass is 10.1. The van der Waals surface area contributed by atoms with Crippen LogP contribution in [-0.4, -0.2) is 27.2 Å². The quantitative estimate of drug-likeness (QED) is 0.587. The van der Waals surface area contributed by atoms with Gasteiger partial charge >= 0.3 is 5.97 Å². The molecule has 154 valence electrons.